The highest BCUT2D eigenvalue weighted by Crippen LogP contribution is 2.18. The first-order chi connectivity index (χ1) is 10.5. The Balaban J connectivity index is 2.01. The largest absolute Gasteiger partial charge is 0.451 e. The van der Waals surface area contributed by atoms with Crippen LogP contribution in [0.1, 0.15) is 23.4 Å². The monoisotopic (exact) mass is 302 g/mol. The fourth-order valence-electron chi connectivity index (χ4n) is 1.92. The number of hydrogen-bond donors (Lipinski definition) is 2. The summed E-state index contributed by atoms with van der Waals surface area (Å²) in [5.74, 6) is -2.35. The van der Waals surface area contributed by atoms with Crippen LogP contribution in [0.4, 0.5) is 0 Å². The maximum Gasteiger partial charge on any atom is 0.287 e. The van der Waals surface area contributed by atoms with Crippen molar-refractivity contribution in [2.45, 2.75) is 18.9 Å². The van der Waals surface area contributed by atoms with Gasteiger partial charge in [0.15, 0.2) is 5.76 Å². The highest BCUT2D eigenvalue weighted by molar-refractivity contribution is 6.35. The number of aldehydes is 1. The molecule has 1 unspecified atom stereocenters. The third-order valence-corrected chi connectivity index (χ3v) is 3.09. The van der Waals surface area contributed by atoms with Crippen molar-refractivity contribution in [3.8, 4) is 0 Å². The van der Waals surface area contributed by atoms with Crippen molar-refractivity contribution in [3.05, 3.63) is 36.1 Å². The quantitative estimate of drug-likeness (QED) is 0.572. The molecule has 22 heavy (non-hydrogen) atoms. The van der Waals surface area contributed by atoms with Crippen LogP contribution in [0.5, 0.6) is 0 Å². The molecule has 2 amide bonds. The maximum absolute atomic E-state index is 12.0. The minimum absolute atomic E-state index is 0.00274. The smallest absolute Gasteiger partial charge is 0.287 e. The van der Waals surface area contributed by atoms with Gasteiger partial charge in [-0.05, 0) is 18.6 Å². The minimum Gasteiger partial charge on any atom is -0.451 e. The number of hydrogen-bond acceptors (Lipinski definition) is 5. The molecule has 3 N–H and O–H groups in total. The number of primary amides is 1. The number of amides is 2. The second-order valence-corrected chi connectivity index (χ2v) is 4.69. The van der Waals surface area contributed by atoms with Gasteiger partial charge in [-0.25, -0.2) is 0 Å². The third-order valence-electron chi connectivity index (χ3n) is 3.09. The zero-order chi connectivity index (χ0) is 16.1. The van der Waals surface area contributed by atoms with Gasteiger partial charge in [-0.15, -0.1) is 0 Å². The number of Topliss-reactive ketones (excluding diaryl/α,β-unsaturated/α-hetero) is 1. The molecular weight excluding hydrogens is 288 g/mol. The third kappa shape index (κ3) is 3.57. The predicted octanol–water partition coefficient (Wildman–Crippen LogP) is 0.565. The van der Waals surface area contributed by atoms with Gasteiger partial charge in [-0.1, -0.05) is 18.2 Å². The molecular formula is C15H14N2O5. The Labute approximate surface area is 125 Å². The second-order valence-electron chi connectivity index (χ2n) is 4.69. The van der Waals surface area contributed by atoms with Gasteiger partial charge >= 0.3 is 0 Å². The number of nitrogens with one attached hydrogen (secondary N) is 1. The van der Waals surface area contributed by atoms with Gasteiger partial charge in [-0.3, -0.25) is 14.4 Å². The van der Waals surface area contributed by atoms with Crippen molar-refractivity contribution in [2.24, 2.45) is 5.73 Å². The van der Waals surface area contributed by atoms with Crippen LogP contribution < -0.4 is 11.1 Å². The molecule has 2 rings (SSSR count). The Hall–Kier alpha value is -2.96. The summed E-state index contributed by atoms with van der Waals surface area (Å²) in [6.45, 7) is 0. The molecule has 2 aromatic rings. The molecule has 0 aliphatic heterocycles. The van der Waals surface area contributed by atoms with Gasteiger partial charge in [0.2, 0.25) is 5.78 Å². The highest BCUT2D eigenvalue weighted by Gasteiger charge is 2.19. The van der Waals surface area contributed by atoms with E-state index < -0.39 is 23.6 Å². The Kier molecular flexibility index (Phi) is 4.67. The van der Waals surface area contributed by atoms with E-state index in [-0.39, 0.29) is 18.6 Å². The fraction of sp³-hybridized carbons (Fsp3) is 0.200. The molecule has 114 valence electrons. The molecule has 0 aliphatic rings. The average Bonchev–Trinajstić information content (AvgIpc) is 2.94. The molecule has 0 fully saturated rings. The standard InChI is InChI=1S/C15H14N2O5/c16-14(20)11(19)6-5-10(8-18)17-15(21)13-7-9-3-1-2-4-12(9)22-13/h1-4,7-8,10H,5-6H2,(H2,16,20)(H,17,21). The van der Waals surface area contributed by atoms with Gasteiger partial charge < -0.3 is 20.3 Å². The van der Waals surface area contributed by atoms with Crippen LogP contribution in [-0.4, -0.2) is 29.9 Å². The van der Waals surface area contributed by atoms with E-state index in [9.17, 15) is 19.2 Å². The van der Waals surface area contributed by atoms with Gasteiger partial charge in [-0.2, -0.15) is 0 Å². The van der Waals surface area contributed by atoms with Crippen LogP contribution in [0.2, 0.25) is 0 Å². The van der Waals surface area contributed by atoms with E-state index in [0.717, 1.165) is 5.39 Å². The molecule has 0 radical (unpaired) electrons. The first-order valence-corrected chi connectivity index (χ1v) is 6.58. The van der Waals surface area contributed by atoms with E-state index in [4.69, 9.17) is 10.2 Å². The van der Waals surface area contributed by atoms with Gasteiger partial charge in [0.25, 0.3) is 11.8 Å². The van der Waals surface area contributed by atoms with Crippen molar-refractivity contribution in [1.82, 2.24) is 5.32 Å². The summed E-state index contributed by atoms with van der Waals surface area (Å²) in [5.41, 5.74) is 5.37. The lowest BCUT2D eigenvalue weighted by molar-refractivity contribution is -0.136. The summed E-state index contributed by atoms with van der Waals surface area (Å²) in [5, 5.41) is 3.20. The Morgan fingerprint density at radius 2 is 2.00 bits per heavy atom. The van der Waals surface area contributed by atoms with E-state index in [1.165, 1.54) is 0 Å². The molecule has 0 saturated carbocycles. The van der Waals surface area contributed by atoms with Crippen molar-refractivity contribution >= 4 is 34.9 Å². The molecule has 1 aromatic carbocycles. The van der Waals surface area contributed by atoms with E-state index >= 15 is 0 Å². The van der Waals surface area contributed by atoms with Crippen LogP contribution >= 0.6 is 0 Å². The lowest BCUT2D eigenvalue weighted by atomic mass is 10.1. The number of nitrogens with two attached hydrogens (primary N) is 1. The fourth-order valence-corrected chi connectivity index (χ4v) is 1.92. The number of benzene rings is 1. The Morgan fingerprint density at radius 1 is 1.27 bits per heavy atom. The predicted molar refractivity (Wildman–Crippen MR) is 77.0 cm³/mol. The van der Waals surface area contributed by atoms with E-state index in [1.807, 2.05) is 6.07 Å². The molecule has 0 aliphatic carbocycles. The summed E-state index contributed by atoms with van der Waals surface area (Å²) >= 11 is 0. The number of ketones is 1. The molecule has 0 bridgehead atoms. The SMILES string of the molecule is NC(=O)C(=O)CCC(C=O)NC(=O)c1cc2ccccc2o1. The molecule has 7 heteroatoms. The van der Waals surface area contributed by atoms with E-state index in [1.54, 1.807) is 24.3 Å². The first-order valence-electron chi connectivity index (χ1n) is 6.58. The van der Waals surface area contributed by atoms with E-state index in [2.05, 4.69) is 5.32 Å². The number of para-hydroxylation sites is 1. The average molecular weight is 302 g/mol. The Bertz CT molecular complexity index is 701. The lowest BCUT2D eigenvalue weighted by Gasteiger charge is -2.10. The van der Waals surface area contributed by atoms with Gasteiger partial charge in [0.1, 0.15) is 11.9 Å². The maximum atomic E-state index is 12.0. The first kappa shape index (κ1) is 15.4. The summed E-state index contributed by atoms with van der Waals surface area (Å²) < 4.78 is 5.37. The topological polar surface area (TPSA) is 119 Å². The van der Waals surface area contributed by atoms with Crippen LogP contribution in [-0.2, 0) is 14.4 Å². The number of carbonyl (C=O) groups excluding carboxylic acids is 4. The summed E-state index contributed by atoms with van der Waals surface area (Å²) in [6, 6.07) is 7.75. The van der Waals surface area contributed by atoms with Crippen LogP contribution in [0.25, 0.3) is 11.0 Å². The zero-order valence-electron chi connectivity index (χ0n) is 11.6. The number of fused-ring (bicyclic) bond motifs is 1. The summed E-state index contributed by atoms with van der Waals surface area (Å²) in [4.78, 5) is 44.7. The van der Waals surface area contributed by atoms with Crippen LogP contribution in [0, 0.1) is 0 Å². The zero-order valence-corrected chi connectivity index (χ0v) is 11.6. The van der Waals surface area contributed by atoms with Crippen molar-refractivity contribution in [2.75, 3.05) is 0 Å². The highest BCUT2D eigenvalue weighted by atomic mass is 16.3. The second kappa shape index (κ2) is 6.66. The molecule has 0 spiro atoms. The van der Waals surface area contributed by atoms with Gasteiger partial charge in [0, 0.05) is 11.8 Å². The number of rotatable bonds is 7. The van der Waals surface area contributed by atoms with Gasteiger partial charge in [0.05, 0.1) is 6.04 Å². The lowest BCUT2D eigenvalue weighted by Crippen LogP contribution is -2.37. The van der Waals surface area contributed by atoms with Crippen LogP contribution in [0.15, 0.2) is 34.7 Å². The van der Waals surface area contributed by atoms with Crippen molar-refractivity contribution in [1.29, 1.82) is 0 Å². The van der Waals surface area contributed by atoms with Crippen LogP contribution in [0.3, 0.4) is 0 Å². The normalized spacial score (nSPS) is 11.8. The molecule has 1 aromatic heterocycles. The molecule has 1 heterocycles. The molecule has 7 nitrogen and oxygen atoms in total. The molecule has 1 atom stereocenters. The van der Waals surface area contributed by atoms with Crippen molar-refractivity contribution in [3.63, 3.8) is 0 Å². The Morgan fingerprint density at radius 3 is 2.64 bits per heavy atom. The minimum atomic E-state index is -1.06. The number of carbonyl (C=O) groups is 4. The van der Waals surface area contributed by atoms with E-state index in [0.29, 0.717) is 11.9 Å². The summed E-state index contributed by atoms with van der Waals surface area (Å²) in [6.07, 6.45) is 0.283. The number of furan rings is 1. The van der Waals surface area contributed by atoms with Crippen molar-refractivity contribution < 1.29 is 23.6 Å². The molecule has 0 saturated heterocycles. The summed E-state index contributed by atoms with van der Waals surface area (Å²) in [7, 11) is 0.